The molecule has 2 aliphatic carbocycles. The fourth-order valence-electron chi connectivity index (χ4n) is 4.30. The molecule has 0 saturated heterocycles. The van der Waals surface area contributed by atoms with Crippen LogP contribution in [0.2, 0.25) is 0 Å². The van der Waals surface area contributed by atoms with E-state index >= 15 is 0 Å². The van der Waals surface area contributed by atoms with E-state index in [4.69, 9.17) is 4.74 Å². The number of aliphatic hydroxyl groups excluding tert-OH is 1. The third-order valence-corrected chi connectivity index (χ3v) is 6.70. The number of hydrogen-bond acceptors (Lipinski definition) is 5. The second kappa shape index (κ2) is 9.11. The van der Waals surface area contributed by atoms with Gasteiger partial charge in [0.15, 0.2) is 0 Å². The average Bonchev–Trinajstić information content (AvgIpc) is 3.54. The number of ether oxygens (including phenoxy) is 1. The molecule has 2 saturated carbocycles. The SMILES string of the molecule is COc1cc(F)ccc1-c1cc(NC(=O)[C@H]2CCC[C@@H](NC(O)C3(C)CC3)C2)ncc1F. The van der Waals surface area contributed by atoms with Gasteiger partial charge in [-0.2, -0.15) is 0 Å². The molecule has 2 aromatic rings. The molecule has 6 nitrogen and oxygen atoms in total. The van der Waals surface area contributed by atoms with E-state index < -0.39 is 17.9 Å². The summed E-state index contributed by atoms with van der Waals surface area (Å²) in [5, 5.41) is 16.5. The highest BCUT2D eigenvalue weighted by molar-refractivity contribution is 5.92. The van der Waals surface area contributed by atoms with Crippen LogP contribution in [-0.4, -0.2) is 35.4 Å². The van der Waals surface area contributed by atoms with E-state index in [1.807, 2.05) is 0 Å². The number of halogens is 2. The zero-order valence-corrected chi connectivity index (χ0v) is 18.3. The standard InChI is InChI=1S/C24H29F2N3O3/c1-24(8-9-24)23(31)28-16-5-3-4-14(10-16)22(30)29-21-12-18(19(26)13-27-21)17-7-6-15(25)11-20(17)32-2/h6-7,11-14,16,23,28,31H,3-5,8-10H2,1-2H3,(H,27,29,30)/t14-,16+,23?/m0/s1. The minimum atomic E-state index is -0.600. The molecular formula is C24H29F2N3O3. The molecule has 2 aliphatic rings. The van der Waals surface area contributed by atoms with Crippen molar-refractivity contribution in [1.29, 1.82) is 0 Å². The molecule has 1 unspecified atom stereocenters. The van der Waals surface area contributed by atoms with Gasteiger partial charge < -0.3 is 15.2 Å². The van der Waals surface area contributed by atoms with Gasteiger partial charge in [-0.1, -0.05) is 13.3 Å². The molecule has 4 rings (SSSR count). The number of nitrogens with zero attached hydrogens (tertiary/aromatic N) is 1. The van der Waals surface area contributed by atoms with Gasteiger partial charge in [0, 0.05) is 34.6 Å². The number of aliphatic hydroxyl groups is 1. The third kappa shape index (κ3) is 4.91. The Balaban J connectivity index is 1.45. The Kier molecular flexibility index (Phi) is 6.44. The smallest absolute Gasteiger partial charge is 0.228 e. The highest BCUT2D eigenvalue weighted by Crippen LogP contribution is 2.47. The van der Waals surface area contributed by atoms with Crippen molar-refractivity contribution in [2.45, 2.75) is 57.7 Å². The summed E-state index contributed by atoms with van der Waals surface area (Å²) in [4.78, 5) is 16.9. The number of benzene rings is 1. The van der Waals surface area contributed by atoms with Crippen molar-refractivity contribution in [1.82, 2.24) is 10.3 Å². The molecule has 8 heteroatoms. The van der Waals surface area contributed by atoms with Gasteiger partial charge in [-0.25, -0.2) is 13.8 Å². The van der Waals surface area contributed by atoms with Crippen molar-refractivity contribution < 1.29 is 23.4 Å². The van der Waals surface area contributed by atoms with Crippen LogP contribution in [0.15, 0.2) is 30.5 Å². The van der Waals surface area contributed by atoms with Crippen LogP contribution < -0.4 is 15.4 Å². The lowest BCUT2D eigenvalue weighted by Gasteiger charge is -2.32. The van der Waals surface area contributed by atoms with E-state index in [-0.39, 0.29) is 40.4 Å². The number of nitrogens with one attached hydrogen (secondary N) is 2. The van der Waals surface area contributed by atoms with Gasteiger partial charge in [-0.05, 0) is 50.3 Å². The first-order valence-corrected chi connectivity index (χ1v) is 11.0. The fraction of sp³-hybridized carbons (Fsp3) is 0.500. The van der Waals surface area contributed by atoms with Gasteiger partial charge in [-0.15, -0.1) is 0 Å². The summed E-state index contributed by atoms with van der Waals surface area (Å²) < 4.78 is 33.2. The topological polar surface area (TPSA) is 83.5 Å². The lowest BCUT2D eigenvalue weighted by atomic mass is 9.84. The van der Waals surface area contributed by atoms with Gasteiger partial charge in [0.2, 0.25) is 5.91 Å². The Morgan fingerprint density at radius 2 is 2.03 bits per heavy atom. The molecule has 1 heterocycles. The summed E-state index contributed by atoms with van der Waals surface area (Å²) in [6, 6.07) is 5.34. The lowest BCUT2D eigenvalue weighted by molar-refractivity contribution is -0.121. The van der Waals surface area contributed by atoms with Crippen molar-refractivity contribution in [2.75, 3.05) is 12.4 Å². The fourth-order valence-corrected chi connectivity index (χ4v) is 4.30. The molecule has 0 aliphatic heterocycles. The molecule has 0 radical (unpaired) electrons. The van der Waals surface area contributed by atoms with Gasteiger partial charge in [0.1, 0.15) is 29.4 Å². The largest absolute Gasteiger partial charge is 0.496 e. The van der Waals surface area contributed by atoms with E-state index in [1.165, 1.54) is 31.4 Å². The Labute approximate surface area is 186 Å². The molecule has 0 spiro atoms. The van der Waals surface area contributed by atoms with Gasteiger partial charge >= 0.3 is 0 Å². The molecule has 1 amide bonds. The van der Waals surface area contributed by atoms with Crippen LogP contribution in [-0.2, 0) is 4.79 Å². The van der Waals surface area contributed by atoms with Crippen LogP contribution in [0, 0.1) is 23.0 Å². The minimum Gasteiger partial charge on any atom is -0.496 e. The highest BCUT2D eigenvalue weighted by atomic mass is 19.1. The second-order valence-electron chi connectivity index (χ2n) is 9.17. The molecular weight excluding hydrogens is 416 g/mol. The number of rotatable bonds is 7. The Morgan fingerprint density at radius 1 is 1.25 bits per heavy atom. The van der Waals surface area contributed by atoms with E-state index in [1.54, 1.807) is 0 Å². The summed E-state index contributed by atoms with van der Waals surface area (Å²) in [5.41, 5.74) is 0.482. The molecule has 1 aromatic heterocycles. The lowest BCUT2D eigenvalue weighted by Crippen LogP contribution is -2.46. The predicted octanol–water partition coefficient (Wildman–Crippen LogP) is 4.24. The normalized spacial score (nSPS) is 22.8. The molecule has 1 aromatic carbocycles. The van der Waals surface area contributed by atoms with Crippen molar-refractivity contribution in [2.24, 2.45) is 11.3 Å². The van der Waals surface area contributed by atoms with E-state index in [0.717, 1.165) is 38.3 Å². The van der Waals surface area contributed by atoms with Crippen molar-refractivity contribution in [3.63, 3.8) is 0 Å². The first kappa shape index (κ1) is 22.6. The number of methoxy groups -OCH3 is 1. The van der Waals surface area contributed by atoms with Crippen molar-refractivity contribution in [3.8, 4) is 16.9 Å². The maximum atomic E-state index is 14.5. The van der Waals surface area contributed by atoms with Gasteiger partial charge in [0.25, 0.3) is 0 Å². The Bertz CT molecular complexity index is 996. The number of pyridine rings is 1. The zero-order chi connectivity index (χ0) is 22.9. The number of carbonyl (C=O) groups is 1. The number of anilines is 1. The van der Waals surface area contributed by atoms with E-state index in [0.29, 0.717) is 12.0 Å². The van der Waals surface area contributed by atoms with Crippen LogP contribution in [0.4, 0.5) is 14.6 Å². The summed E-state index contributed by atoms with van der Waals surface area (Å²) in [5.74, 6) is -1.09. The third-order valence-electron chi connectivity index (χ3n) is 6.70. The van der Waals surface area contributed by atoms with Crippen LogP contribution in [0.1, 0.15) is 45.4 Å². The predicted molar refractivity (Wildman–Crippen MR) is 117 cm³/mol. The van der Waals surface area contributed by atoms with E-state index in [2.05, 4.69) is 22.5 Å². The monoisotopic (exact) mass is 445 g/mol. The molecule has 0 bridgehead atoms. The van der Waals surface area contributed by atoms with Crippen LogP contribution >= 0.6 is 0 Å². The quantitative estimate of drug-likeness (QED) is 0.556. The first-order valence-electron chi connectivity index (χ1n) is 11.0. The number of aromatic nitrogens is 1. The summed E-state index contributed by atoms with van der Waals surface area (Å²) in [6.07, 6.45) is 5.67. The number of hydrogen-bond donors (Lipinski definition) is 3. The molecule has 2 fully saturated rings. The average molecular weight is 446 g/mol. The molecule has 32 heavy (non-hydrogen) atoms. The van der Waals surface area contributed by atoms with Crippen molar-refractivity contribution >= 4 is 11.7 Å². The van der Waals surface area contributed by atoms with Crippen LogP contribution in [0.25, 0.3) is 11.1 Å². The summed E-state index contributed by atoms with van der Waals surface area (Å²) in [7, 11) is 1.38. The zero-order valence-electron chi connectivity index (χ0n) is 18.3. The van der Waals surface area contributed by atoms with E-state index in [9.17, 15) is 18.7 Å². The molecule has 3 N–H and O–H groups in total. The van der Waals surface area contributed by atoms with Gasteiger partial charge in [-0.3, -0.25) is 10.1 Å². The summed E-state index contributed by atoms with van der Waals surface area (Å²) >= 11 is 0. The first-order chi connectivity index (χ1) is 15.3. The number of carbonyl (C=O) groups excluding carboxylic acids is 1. The highest BCUT2D eigenvalue weighted by Gasteiger charge is 2.45. The Morgan fingerprint density at radius 3 is 2.75 bits per heavy atom. The van der Waals surface area contributed by atoms with Crippen LogP contribution in [0.3, 0.4) is 0 Å². The summed E-state index contributed by atoms with van der Waals surface area (Å²) in [6.45, 7) is 2.06. The van der Waals surface area contributed by atoms with Gasteiger partial charge in [0.05, 0.1) is 13.3 Å². The Hall–Kier alpha value is -2.58. The second-order valence-corrected chi connectivity index (χ2v) is 9.17. The number of amides is 1. The molecule has 172 valence electrons. The van der Waals surface area contributed by atoms with Crippen LogP contribution in [0.5, 0.6) is 5.75 Å². The van der Waals surface area contributed by atoms with Crippen molar-refractivity contribution in [3.05, 3.63) is 42.1 Å². The minimum absolute atomic E-state index is 0.0506. The molecule has 3 atom stereocenters. The maximum Gasteiger partial charge on any atom is 0.228 e. The maximum absolute atomic E-state index is 14.5.